The number of hydrogen-bond acceptors (Lipinski definition) is 2. The summed E-state index contributed by atoms with van der Waals surface area (Å²) in [5.41, 5.74) is -0.0989. The second-order valence-electron chi connectivity index (χ2n) is 5.74. The standard InChI is InChI=1S/C16H20F3NO3/c1-10(8-14(21)20(3)9-11(2)15(22)23)12-4-6-13(7-5-12)16(17,18)19/h4-7,10-11H,8-9H2,1-3H3,(H,22,23). The van der Waals surface area contributed by atoms with Gasteiger partial charge in [0.2, 0.25) is 5.91 Å². The molecule has 0 aliphatic heterocycles. The van der Waals surface area contributed by atoms with Crippen molar-refractivity contribution in [1.82, 2.24) is 4.90 Å². The van der Waals surface area contributed by atoms with Crippen LogP contribution in [0.15, 0.2) is 24.3 Å². The molecule has 1 aromatic carbocycles. The monoisotopic (exact) mass is 331 g/mol. The number of benzene rings is 1. The summed E-state index contributed by atoms with van der Waals surface area (Å²) in [5, 5.41) is 8.83. The smallest absolute Gasteiger partial charge is 0.416 e. The lowest BCUT2D eigenvalue weighted by atomic mass is 9.96. The van der Waals surface area contributed by atoms with E-state index >= 15 is 0 Å². The number of aliphatic carboxylic acids is 1. The van der Waals surface area contributed by atoms with Gasteiger partial charge < -0.3 is 10.0 Å². The minimum atomic E-state index is -4.38. The van der Waals surface area contributed by atoms with Crippen LogP contribution in [0.5, 0.6) is 0 Å². The van der Waals surface area contributed by atoms with E-state index in [9.17, 15) is 22.8 Å². The summed E-state index contributed by atoms with van der Waals surface area (Å²) in [5.74, 6) is -2.16. The van der Waals surface area contributed by atoms with Crippen molar-refractivity contribution in [3.05, 3.63) is 35.4 Å². The van der Waals surface area contributed by atoms with Crippen LogP contribution in [0.4, 0.5) is 13.2 Å². The third-order valence-corrected chi connectivity index (χ3v) is 3.68. The fourth-order valence-electron chi connectivity index (χ4n) is 2.13. The average Bonchev–Trinajstić information content (AvgIpc) is 2.46. The molecule has 2 unspecified atom stereocenters. The summed E-state index contributed by atoms with van der Waals surface area (Å²) in [7, 11) is 1.52. The van der Waals surface area contributed by atoms with Gasteiger partial charge in [-0.3, -0.25) is 9.59 Å². The molecule has 0 spiro atoms. The van der Waals surface area contributed by atoms with E-state index < -0.39 is 23.6 Å². The molecule has 128 valence electrons. The summed E-state index contributed by atoms with van der Waals surface area (Å²) >= 11 is 0. The van der Waals surface area contributed by atoms with Crippen molar-refractivity contribution in [3.63, 3.8) is 0 Å². The molecular formula is C16H20F3NO3. The molecule has 23 heavy (non-hydrogen) atoms. The maximum Gasteiger partial charge on any atom is 0.416 e. The van der Waals surface area contributed by atoms with Crippen LogP contribution in [0.3, 0.4) is 0 Å². The van der Waals surface area contributed by atoms with Crippen molar-refractivity contribution in [2.24, 2.45) is 5.92 Å². The van der Waals surface area contributed by atoms with Crippen LogP contribution in [-0.2, 0) is 15.8 Å². The Labute approximate surface area is 132 Å². The van der Waals surface area contributed by atoms with Crippen LogP contribution < -0.4 is 0 Å². The van der Waals surface area contributed by atoms with Crippen molar-refractivity contribution in [3.8, 4) is 0 Å². The third kappa shape index (κ3) is 5.58. The number of amides is 1. The zero-order valence-electron chi connectivity index (χ0n) is 13.2. The first kappa shape index (κ1) is 19.0. The zero-order chi connectivity index (χ0) is 17.8. The molecule has 0 saturated heterocycles. The number of carbonyl (C=O) groups excluding carboxylic acids is 1. The Morgan fingerprint density at radius 1 is 1.17 bits per heavy atom. The Hall–Kier alpha value is -2.05. The molecule has 0 radical (unpaired) electrons. The van der Waals surface area contributed by atoms with Crippen LogP contribution in [0.1, 0.15) is 37.3 Å². The molecule has 0 aliphatic carbocycles. The number of carbonyl (C=O) groups is 2. The molecule has 2 atom stereocenters. The Balaban J connectivity index is 2.66. The fraction of sp³-hybridized carbons (Fsp3) is 0.500. The largest absolute Gasteiger partial charge is 0.481 e. The second kappa shape index (κ2) is 7.48. The average molecular weight is 331 g/mol. The summed E-state index contributed by atoms with van der Waals surface area (Å²) in [6, 6.07) is 4.71. The topological polar surface area (TPSA) is 57.6 Å². The lowest BCUT2D eigenvalue weighted by Gasteiger charge is -2.21. The van der Waals surface area contributed by atoms with Crippen molar-refractivity contribution < 1.29 is 27.9 Å². The number of nitrogens with zero attached hydrogens (tertiary/aromatic N) is 1. The Morgan fingerprint density at radius 3 is 2.13 bits per heavy atom. The first-order valence-electron chi connectivity index (χ1n) is 7.16. The van der Waals surface area contributed by atoms with Gasteiger partial charge in [-0.25, -0.2) is 0 Å². The predicted molar refractivity (Wildman–Crippen MR) is 78.9 cm³/mol. The van der Waals surface area contributed by atoms with Gasteiger partial charge in [-0.1, -0.05) is 26.0 Å². The van der Waals surface area contributed by atoms with Crippen molar-refractivity contribution >= 4 is 11.9 Å². The highest BCUT2D eigenvalue weighted by molar-refractivity contribution is 5.78. The summed E-state index contributed by atoms with van der Waals surface area (Å²) in [6.45, 7) is 3.34. The van der Waals surface area contributed by atoms with Crippen molar-refractivity contribution in [2.75, 3.05) is 13.6 Å². The van der Waals surface area contributed by atoms with E-state index in [4.69, 9.17) is 5.11 Å². The van der Waals surface area contributed by atoms with E-state index in [1.54, 1.807) is 6.92 Å². The molecule has 0 aromatic heterocycles. The molecule has 1 rings (SSSR count). The molecule has 0 bridgehead atoms. The highest BCUT2D eigenvalue weighted by Gasteiger charge is 2.30. The second-order valence-corrected chi connectivity index (χ2v) is 5.74. The number of alkyl halides is 3. The normalized spacial score (nSPS) is 14.2. The van der Waals surface area contributed by atoms with Gasteiger partial charge in [0, 0.05) is 20.0 Å². The molecule has 1 N–H and O–H groups in total. The molecule has 0 aliphatic rings. The van der Waals surface area contributed by atoms with E-state index in [1.807, 2.05) is 0 Å². The number of halogens is 3. The maximum atomic E-state index is 12.5. The summed E-state index contributed by atoms with van der Waals surface area (Å²) in [4.78, 5) is 24.2. The SMILES string of the molecule is CC(CN(C)C(=O)CC(C)c1ccc(C(F)(F)F)cc1)C(=O)O. The highest BCUT2D eigenvalue weighted by Crippen LogP contribution is 2.30. The van der Waals surface area contributed by atoms with Crippen molar-refractivity contribution in [2.45, 2.75) is 32.4 Å². The number of carboxylic acids is 1. The molecule has 1 aromatic rings. The number of carboxylic acid groups (broad SMARTS) is 1. The quantitative estimate of drug-likeness (QED) is 0.869. The van der Waals surface area contributed by atoms with Gasteiger partial charge in [0.1, 0.15) is 0 Å². The summed E-state index contributed by atoms with van der Waals surface area (Å²) in [6.07, 6.45) is -4.28. The third-order valence-electron chi connectivity index (χ3n) is 3.68. The highest BCUT2D eigenvalue weighted by atomic mass is 19.4. The van der Waals surface area contributed by atoms with Crippen LogP contribution in [-0.4, -0.2) is 35.5 Å². The molecule has 1 amide bonds. The zero-order valence-corrected chi connectivity index (χ0v) is 13.2. The molecular weight excluding hydrogens is 311 g/mol. The Bertz CT molecular complexity index is 555. The van der Waals surface area contributed by atoms with Gasteiger partial charge >= 0.3 is 12.1 Å². The van der Waals surface area contributed by atoms with E-state index in [0.29, 0.717) is 5.56 Å². The van der Waals surface area contributed by atoms with Crippen LogP contribution in [0.2, 0.25) is 0 Å². The first-order valence-corrected chi connectivity index (χ1v) is 7.16. The number of hydrogen-bond donors (Lipinski definition) is 1. The van der Waals surface area contributed by atoms with Crippen LogP contribution in [0, 0.1) is 5.92 Å². The summed E-state index contributed by atoms with van der Waals surface area (Å²) < 4.78 is 37.5. The maximum absolute atomic E-state index is 12.5. The van der Waals surface area contributed by atoms with Crippen LogP contribution in [0.25, 0.3) is 0 Å². The van der Waals surface area contributed by atoms with Gasteiger partial charge in [-0.05, 0) is 23.6 Å². The molecule has 4 nitrogen and oxygen atoms in total. The lowest BCUT2D eigenvalue weighted by molar-refractivity contribution is -0.143. The molecule has 0 heterocycles. The van der Waals surface area contributed by atoms with E-state index in [-0.39, 0.29) is 24.8 Å². The van der Waals surface area contributed by atoms with E-state index in [2.05, 4.69) is 0 Å². The predicted octanol–water partition coefficient (Wildman–Crippen LogP) is 3.38. The molecule has 7 heteroatoms. The Morgan fingerprint density at radius 2 is 1.70 bits per heavy atom. The first-order chi connectivity index (χ1) is 10.5. The van der Waals surface area contributed by atoms with E-state index in [1.165, 1.54) is 31.0 Å². The Kier molecular flexibility index (Phi) is 6.18. The van der Waals surface area contributed by atoms with Crippen molar-refractivity contribution in [1.29, 1.82) is 0 Å². The lowest BCUT2D eigenvalue weighted by Crippen LogP contribution is -2.34. The van der Waals surface area contributed by atoms with E-state index in [0.717, 1.165) is 12.1 Å². The minimum absolute atomic E-state index is 0.0912. The molecule has 0 saturated carbocycles. The van der Waals surface area contributed by atoms with Gasteiger partial charge in [0.25, 0.3) is 0 Å². The van der Waals surface area contributed by atoms with Gasteiger partial charge in [-0.15, -0.1) is 0 Å². The van der Waals surface area contributed by atoms with Gasteiger partial charge in [-0.2, -0.15) is 13.2 Å². The fourth-order valence-corrected chi connectivity index (χ4v) is 2.13. The van der Waals surface area contributed by atoms with Gasteiger partial charge in [0.15, 0.2) is 0 Å². The van der Waals surface area contributed by atoms with Crippen LogP contribution >= 0.6 is 0 Å². The van der Waals surface area contributed by atoms with Gasteiger partial charge in [0.05, 0.1) is 11.5 Å². The molecule has 0 fully saturated rings. The minimum Gasteiger partial charge on any atom is -0.481 e. The number of rotatable bonds is 6.